The van der Waals surface area contributed by atoms with Gasteiger partial charge in [-0.2, -0.15) is 5.10 Å². The van der Waals surface area contributed by atoms with Gasteiger partial charge in [-0.1, -0.05) is 11.6 Å². The van der Waals surface area contributed by atoms with Crippen LogP contribution in [0.25, 0.3) is 0 Å². The van der Waals surface area contributed by atoms with Crippen LogP contribution in [0.3, 0.4) is 0 Å². The number of aromatic amines is 1. The lowest BCUT2D eigenvalue weighted by Gasteiger charge is -2.13. The maximum atomic E-state index is 12.5. The van der Waals surface area contributed by atoms with Gasteiger partial charge in [0.25, 0.3) is 11.5 Å². The number of halogens is 1. The molecule has 8 heteroatoms. The van der Waals surface area contributed by atoms with Crippen molar-refractivity contribution in [2.45, 2.75) is 20.3 Å². The molecule has 1 amide bonds. The molecule has 0 radical (unpaired) electrons. The van der Waals surface area contributed by atoms with E-state index in [0.29, 0.717) is 46.7 Å². The van der Waals surface area contributed by atoms with E-state index in [1.165, 1.54) is 0 Å². The third-order valence-corrected chi connectivity index (χ3v) is 4.10. The molecule has 2 N–H and O–H groups in total. The van der Waals surface area contributed by atoms with Gasteiger partial charge in [-0.15, -0.1) is 0 Å². The Hall–Kier alpha value is -2.54. The average molecular weight is 350 g/mol. The van der Waals surface area contributed by atoms with Crippen LogP contribution in [0.15, 0.2) is 16.9 Å². The van der Waals surface area contributed by atoms with Crippen LogP contribution in [0.4, 0.5) is 5.69 Å². The molecule has 1 aliphatic heterocycles. The summed E-state index contributed by atoms with van der Waals surface area (Å²) >= 11 is 6.21. The van der Waals surface area contributed by atoms with Crippen molar-refractivity contribution in [3.05, 3.63) is 44.3 Å². The monoisotopic (exact) mass is 349 g/mol. The Labute approximate surface area is 142 Å². The lowest BCUT2D eigenvalue weighted by Crippen LogP contribution is -2.26. The van der Waals surface area contributed by atoms with Gasteiger partial charge in [-0.25, -0.2) is 5.10 Å². The maximum Gasteiger partial charge on any atom is 0.277 e. The van der Waals surface area contributed by atoms with E-state index in [1.807, 2.05) is 0 Å². The van der Waals surface area contributed by atoms with Crippen molar-refractivity contribution >= 4 is 23.2 Å². The molecular weight excluding hydrogens is 334 g/mol. The normalized spacial score (nSPS) is 13.3. The molecule has 0 spiro atoms. The number of fused-ring (bicyclic) bond motifs is 1. The maximum absolute atomic E-state index is 12.5. The first-order valence-electron chi connectivity index (χ1n) is 7.43. The number of H-pyrrole nitrogens is 1. The van der Waals surface area contributed by atoms with Crippen molar-refractivity contribution in [1.29, 1.82) is 0 Å². The minimum atomic E-state index is -0.560. The molecule has 0 saturated carbocycles. The number of nitrogens with one attached hydrogen (secondary N) is 2. The number of aryl methyl sites for hydroxylation is 1. The molecule has 0 aliphatic carbocycles. The number of anilines is 1. The second-order valence-electron chi connectivity index (χ2n) is 5.42. The van der Waals surface area contributed by atoms with Gasteiger partial charge < -0.3 is 14.8 Å². The van der Waals surface area contributed by atoms with Gasteiger partial charge in [0.1, 0.15) is 5.56 Å². The van der Waals surface area contributed by atoms with Crippen LogP contribution in [-0.2, 0) is 0 Å². The van der Waals surface area contributed by atoms with Crippen molar-refractivity contribution in [2.75, 3.05) is 18.5 Å². The Morgan fingerprint density at radius 1 is 1.25 bits per heavy atom. The lowest BCUT2D eigenvalue weighted by atomic mass is 10.1. The zero-order valence-electron chi connectivity index (χ0n) is 13.2. The molecule has 3 rings (SSSR count). The smallest absolute Gasteiger partial charge is 0.277 e. The molecule has 2 aromatic rings. The van der Waals surface area contributed by atoms with Crippen LogP contribution < -0.4 is 20.3 Å². The Balaban J connectivity index is 1.94. The Bertz CT molecular complexity index is 863. The van der Waals surface area contributed by atoms with Crippen molar-refractivity contribution < 1.29 is 14.3 Å². The van der Waals surface area contributed by atoms with Crippen LogP contribution in [0.5, 0.6) is 11.5 Å². The number of carbonyl (C=O) groups is 1. The highest BCUT2D eigenvalue weighted by atomic mass is 35.5. The molecule has 1 aromatic carbocycles. The molecule has 0 atom stereocenters. The fraction of sp³-hybridized carbons (Fsp3) is 0.312. The van der Waals surface area contributed by atoms with E-state index in [0.717, 1.165) is 6.42 Å². The zero-order chi connectivity index (χ0) is 17.3. The van der Waals surface area contributed by atoms with Gasteiger partial charge in [0.05, 0.1) is 29.6 Å². The number of hydrogen-bond acceptors (Lipinski definition) is 5. The van der Waals surface area contributed by atoms with Gasteiger partial charge in [0.2, 0.25) is 0 Å². The Morgan fingerprint density at radius 3 is 2.62 bits per heavy atom. The van der Waals surface area contributed by atoms with E-state index in [9.17, 15) is 9.59 Å². The van der Waals surface area contributed by atoms with Crippen LogP contribution >= 0.6 is 11.6 Å². The number of ether oxygens (including phenoxy) is 2. The summed E-state index contributed by atoms with van der Waals surface area (Å²) in [6.07, 6.45) is 0.763. The van der Waals surface area contributed by atoms with E-state index in [2.05, 4.69) is 15.5 Å². The van der Waals surface area contributed by atoms with Gasteiger partial charge in [0.15, 0.2) is 11.5 Å². The molecule has 1 aromatic heterocycles. The van der Waals surface area contributed by atoms with Crippen LogP contribution in [0.2, 0.25) is 5.02 Å². The SMILES string of the molecule is Cc1n[nH]c(=O)c(C(=O)Nc2cc3c(cc2Cl)OCCCO3)c1C. The van der Waals surface area contributed by atoms with Gasteiger partial charge in [0, 0.05) is 18.6 Å². The van der Waals surface area contributed by atoms with E-state index in [1.54, 1.807) is 26.0 Å². The van der Waals surface area contributed by atoms with Crippen LogP contribution in [0.1, 0.15) is 28.0 Å². The van der Waals surface area contributed by atoms with Crippen molar-refractivity contribution in [3.8, 4) is 11.5 Å². The number of carbonyl (C=O) groups excluding carboxylic acids is 1. The van der Waals surface area contributed by atoms with Crippen molar-refractivity contribution in [1.82, 2.24) is 10.2 Å². The first-order chi connectivity index (χ1) is 11.5. The Kier molecular flexibility index (Phi) is 4.44. The highest BCUT2D eigenvalue weighted by Crippen LogP contribution is 2.37. The number of hydrogen-bond donors (Lipinski definition) is 2. The minimum Gasteiger partial charge on any atom is -0.490 e. The summed E-state index contributed by atoms with van der Waals surface area (Å²) in [5, 5.41) is 9.09. The molecule has 2 heterocycles. The summed E-state index contributed by atoms with van der Waals surface area (Å²) in [5.74, 6) is 0.476. The van der Waals surface area contributed by atoms with Gasteiger partial charge >= 0.3 is 0 Å². The average Bonchev–Trinajstić information content (AvgIpc) is 2.76. The third-order valence-electron chi connectivity index (χ3n) is 3.78. The first-order valence-corrected chi connectivity index (χ1v) is 7.81. The summed E-state index contributed by atoms with van der Waals surface area (Å²) in [4.78, 5) is 24.4. The van der Waals surface area contributed by atoms with Gasteiger partial charge in [-0.05, 0) is 19.4 Å². The predicted octanol–water partition coefficient (Wildman–Crippen LogP) is 2.45. The number of benzene rings is 1. The molecule has 0 bridgehead atoms. The topological polar surface area (TPSA) is 93.3 Å². The van der Waals surface area contributed by atoms with Crippen molar-refractivity contribution in [3.63, 3.8) is 0 Å². The fourth-order valence-corrected chi connectivity index (χ4v) is 2.56. The predicted molar refractivity (Wildman–Crippen MR) is 89.3 cm³/mol. The molecule has 0 fully saturated rings. The van der Waals surface area contributed by atoms with Crippen LogP contribution in [0, 0.1) is 13.8 Å². The second kappa shape index (κ2) is 6.52. The highest BCUT2D eigenvalue weighted by Gasteiger charge is 2.20. The second-order valence-corrected chi connectivity index (χ2v) is 5.83. The summed E-state index contributed by atoms with van der Waals surface area (Å²) in [6, 6.07) is 3.19. The summed E-state index contributed by atoms with van der Waals surface area (Å²) in [6.45, 7) is 4.44. The first kappa shape index (κ1) is 16.3. The minimum absolute atomic E-state index is 0.00526. The molecular formula is C16H16ClN3O4. The summed E-state index contributed by atoms with van der Waals surface area (Å²) < 4.78 is 11.1. The third kappa shape index (κ3) is 3.07. The molecule has 24 heavy (non-hydrogen) atoms. The quantitative estimate of drug-likeness (QED) is 0.868. The molecule has 0 unspecified atom stereocenters. The van der Waals surface area contributed by atoms with E-state index >= 15 is 0 Å². The standard InChI is InChI=1S/C16H16ClN3O4/c1-8-9(2)19-20-16(22)14(8)15(21)18-11-7-13-12(6-10(11)17)23-4-3-5-24-13/h6-7H,3-5H2,1-2H3,(H,18,21)(H,20,22). The number of nitrogens with zero attached hydrogens (tertiary/aromatic N) is 1. The molecule has 126 valence electrons. The number of amides is 1. The fourth-order valence-electron chi connectivity index (χ4n) is 2.36. The highest BCUT2D eigenvalue weighted by molar-refractivity contribution is 6.34. The zero-order valence-corrected chi connectivity index (χ0v) is 14.0. The molecule has 1 aliphatic rings. The van der Waals surface area contributed by atoms with E-state index in [-0.39, 0.29) is 5.56 Å². The van der Waals surface area contributed by atoms with Crippen LogP contribution in [-0.4, -0.2) is 29.3 Å². The lowest BCUT2D eigenvalue weighted by molar-refractivity contribution is 0.102. The van der Waals surface area contributed by atoms with E-state index < -0.39 is 11.5 Å². The number of rotatable bonds is 2. The van der Waals surface area contributed by atoms with Gasteiger partial charge in [-0.3, -0.25) is 9.59 Å². The largest absolute Gasteiger partial charge is 0.490 e. The van der Waals surface area contributed by atoms with E-state index in [4.69, 9.17) is 21.1 Å². The summed E-state index contributed by atoms with van der Waals surface area (Å²) in [5.41, 5.74) is 0.886. The van der Waals surface area contributed by atoms with Crippen molar-refractivity contribution in [2.24, 2.45) is 0 Å². The Morgan fingerprint density at radius 2 is 1.92 bits per heavy atom. The molecule has 7 nitrogen and oxygen atoms in total. The number of aromatic nitrogens is 2. The summed E-state index contributed by atoms with van der Waals surface area (Å²) in [7, 11) is 0. The molecule has 0 saturated heterocycles.